The van der Waals surface area contributed by atoms with Crippen LogP contribution in [-0.2, 0) is 16.6 Å². The molecule has 3 aliphatic rings. The lowest BCUT2D eigenvalue weighted by molar-refractivity contribution is -0.139. The maximum Gasteiger partial charge on any atom is 0.257 e. The predicted octanol–water partition coefficient (Wildman–Crippen LogP) is 1.36. The fourth-order valence-corrected chi connectivity index (χ4v) is 4.30. The molecule has 1 saturated carbocycles. The van der Waals surface area contributed by atoms with Crippen LogP contribution in [-0.4, -0.2) is 69.8 Å². The van der Waals surface area contributed by atoms with Gasteiger partial charge in [0.1, 0.15) is 0 Å². The third-order valence-corrected chi connectivity index (χ3v) is 5.85. The van der Waals surface area contributed by atoms with Gasteiger partial charge in [0.15, 0.2) is 0 Å². The standard InChI is InChI=1S/C19H28N4O3/c1-13-17(12-21(2)20-13)19(25)22-8-5-16(11-22)23(18(24)14-3-4-14)15-6-9-26-10-7-15/h12,14-16H,3-11H2,1-2H3. The molecule has 1 atom stereocenters. The summed E-state index contributed by atoms with van der Waals surface area (Å²) in [6.07, 6.45) is 6.50. The SMILES string of the molecule is Cc1nn(C)cc1C(=O)N1CCC(N(C(=O)C2CC2)C2CCOCC2)C1. The van der Waals surface area contributed by atoms with Crippen LogP contribution in [0.4, 0.5) is 0 Å². The molecule has 0 bridgehead atoms. The van der Waals surface area contributed by atoms with Gasteiger partial charge in [0.2, 0.25) is 5.91 Å². The number of carbonyl (C=O) groups excluding carboxylic acids is 2. The highest BCUT2D eigenvalue weighted by Crippen LogP contribution is 2.35. The minimum absolute atomic E-state index is 0.0314. The molecule has 3 fully saturated rings. The number of hydrogen-bond acceptors (Lipinski definition) is 4. The Morgan fingerprint density at radius 3 is 2.50 bits per heavy atom. The molecule has 7 nitrogen and oxygen atoms in total. The molecule has 0 spiro atoms. The summed E-state index contributed by atoms with van der Waals surface area (Å²) in [4.78, 5) is 29.9. The van der Waals surface area contributed by atoms with Crippen molar-refractivity contribution in [2.24, 2.45) is 13.0 Å². The van der Waals surface area contributed by atoms with E-state index in [1.807, 2.05) is 18.9 Å². The first-order valence-corrected chi connectivity index (χ1v) is 9.74. The van der Waals surface area contributed by atoms with E-state index < -0.39 is 0 Å². The number of hydrogen-bond donors (Lipinski definition) is 0. The van der Waals surface area contributed by atoms with Crippen molar-refractivity contribution < 1.29 is 14.3 Å². The Kier molecular flexibility index (Phi) is 4.73. The molecule has 1 aromatic rings. The summed E-state index contributed by atoms with van der Waals surface area (Å²) >= 11 is 0. The van der Waals surface area contributed by atoms with Crippen LogP contribution in [0.3, 0.4) is 0 Å². The predicted molar refractivity (Wildman–Crippen MR) is 95.7 cm³/mol. The normalized spacial score (nSPS) is 24.1. The summed E-state index contributed by atoms with van der Waals surface area (Å²) in [6.45, 7) is 4.65. The lowest BCUT2D eigenvalue weighted by Gasteiger charge is -2.38. The third-order valence-electron chi connectivity index (χ3n) is 5.85. The minimum atomic E-state index is 0.0314. The van der Waals surface area contributed by atoms with Gasteiger partial charge in [0, 0.05) is 51.5 Å². The van der Waals surface area contributed by atoms with Gasteiger partial charge in [-0.15, -0.1) is 0 Å². The van der Waals surface area contributed by atoms with Crippen molar-refractivity contribution in [2.45, 2.75) is 51.1 Å². The molecule has 1 aromatic heterocycles. The maximum atomic E-state index is 13.0. The average molecular weight is 360 g/mol. The Balaban J connectivity index is 1.48. The summed E-state index contributed by atoms with van der Waals surface area (Å²) < 4.78 is 7.17. The van der Waals surface area contributed by atoms with E-state index in [9.17, 15) is 9.59 Å². The van der Waals surface area contributed by atoms with Crippen molar-refractivity contribution in [2.75, 3.05) is 26.3 Å². The summed E-state index contributed by atoms with van der Waals surface area (Å²) in [5, 5.41) is 4.28. The van der Waals surface area contributed by atoms with Gasteiger partial charge in [-0.05, 0) is 39.0 Å². The van der Waals surface area contributed by atoms with E-state index in [2.05, 4.69) is 10.00 Å². The summed E-state index contributed by atoms with van der Waals surface area (Å²) in [7, 11) is 1.83. The maximum absolute atomic E-state index is 13.0. The number of ether oxygens (including phenoxy) is 1. The summed E-state index contributed by atoms with van der Waals surface area (Å²) in [5.74, 6) is 0.542. The number of aryl methyl sites for hydroxylation is 2. The van der Waals surface area contributed by atoms with Crippen molar-refractivity contribution >= 4 is 11.8 Å². The molecule has 2 saturated heterocycles. The van der Waals surface area contributed by atoms with E-state index in [1.54, 1.807) is 10.9 Å². The van der Waals surface area contributed by atoms with Crippen LogP contribution in [0.2, 0.25) is 0 Å². The van der Waals surface area contributed by atoms with E-state index >= 15 is 0 Å². The zero-order valence-electron chi connectivity index (χ0n) is 15.7. The van der Waals surface area contributed by atoms with Gasteiger partial charge in [-0.1, -0.05) is 0 Å². The second kappa shape index (κ2) is 7.02. The first-order chi connectivity index (χ1) is 12.5. The van der Waals surface area contributed by atoms with E-state index in [0.29, 0.717) is 24.6 Å². The highest BCUT2D eigenvalue weighted by molar-refractivity contribution is 5.95. The van der Waals surface area contributed by atoms with Crippen LogP contribution < -0.4 is 0 Å². The van der Waals surface area contributed by atoms with Crippen LogP contribution in [0.15, 0.2) is 6.20 Å². The summed E-state index contributed by atoms with van der Waals surface area (Å²) in [5.41, 5.74) is 1.43. The molecule has 0 aromatic carbocycles. The molecule has 1 unspecified atom stereocenters. The third kappa shape index (κ3) is 3.37. The lowest BCUT2D eigenvalue weighted by Crippen LogP contribution is -2.51. The van der Waals surface area contributed by atoms with Crippen LogP contribution in [0.25, 0.3) is 0 Å². The number of rotatable bonds is 4. The second-order valence-electron chi connectivity index (χ2n) is 7.86. The lowest BCUT2D eigenvalue weighted by atomic mass is 10.0. The number of amides is 2. The van der Waals surface area contributed by atoms with Gasteiger partial charge in [0.25, 0.3) is 5.91 Å². The van der Waals surface area contributed by atoms with Gasteiger partial charge in [-0.2, -0.15) is 5.10 Å². The zero-order chi connectivity index (χ0) is 18.3. The molecule has 0 N–H and O–H groups in total. The monoisotopic (exact) mass is 360 g/mol. The van der Waals surface area contributed by atoms with E-state index in [4.69, 9.17) is 4.74 Å². The first kappa shape index (κ1) is 17.5. The minimum Gasteiger partial charge on any atom is -0.381 e. The Bertz CT molecular complexity index is 691. The van der Waals surface area contributed by atoms with Crippen molar-refractivity contribution in [3.63, 3.8) is 0 Å². The molecule has 0 radical (unpaired) electrons. The van der Waals surface area contributed by atoms with Gasteiger partial charge in [-0.3, -0.25) is 14.3 Å². The molecular weight excluding hydrogens is 332 g/mol. The Morgan fingerprint density at radius 2 is 1.88 bits per heavy atom. The topological polar surface area (TPSA) is 67.7 Å². The van der Waals surface area contributed by atoms with E-state index in [1.165, 1.54) is 0 Å². The van der Waals surface area contributed by atoms with Crippen LogP contribution in [0.1, 0.15) is 48.2 Å². The fraction of sp³-hybridized carbons (Fsp3) is 0.737. The van der Waals surface area contributed by atoms with E-state index in [0.717, 1.165) is 51.0 Å². The number of likely N-dealkylation sites (tertiary alicyclic amines) is 1. The molecule has 4 rings (SSSR count). The van der Waals surface area contributed by atoms with Crippen molar-refractivity contribution in [1.82, 2.24) is 19.6 Å². The quantitative estimate of drug-likeness (QED) is 0.813. The second-order valence-corrected chi connectivity index (χ2v) is 7.86. The highest BCUT2D eigenvalue weighted by Gasteiger charge is 2.42. The molecule has 142 valence electrons. The van der Waals surface area contributed by atoms with Crippen molar-refractivity contribution in [3.05, 3.63) is 17.5 Å². The fourth-order valence-electron chi connectivity index (χ4n) is 4.30. The van der Waals surface area contributed by atoms with Crippen molar-refractivity contribution in [3.8, 4) is 0 Å². The van der Waals surface area contributed by atoms with Gasteiger partial charge < -0.3 is 14.5 Å². The molecule has 2 aliphatic heterocycles. The van der Waals surface area contributed by atoms with Crippen molar-refractivity contribution in [1.29, 1.82) is 0 Å². The van der Waals surface area contributed by atoms with E-state index in [-0.39, 0.29) is 23.9 Å². The van der Waals surface area contributed by atoms with Crippen LogP contribution >= 0.6 is 0 Å². The Hall–Kier alpha value is -1.89. The molecule has 26 heavy (non-hydrogen) atoms. The molecular formula is C19H28N4O3. The molecule has 7 heteroatoms. The van der Waals surface area contributed by atoms with Crippen LogP contribution in [0, 0.1) is 12.8 Å². The number of carbonyl (C=O) groups is 2. The number of nitrogens with zero attached hydrogens (tertiary/aromatic N) is 4. The Morgan fingerprint density at radius 1 is 1.15 bits per heavy atom. The molecule has 3 heterocycles. The van der Waals surface area contributed by atoms with Gasteiger partial charge >= 0.3 is 0 Å². The first-order valence-electron chi connectivity index (χ1n) is 9.74. The average Bonchev–Trinajstić information content (AvgIpc) is 3.29. The number of aromatic nitrogens is 2. The smallest absolute Gasteiger partial charge is 0.257 e. The molecule has 2 amide bonds. The summed E-state index contributed by atoms with van der Waals surface area (Å²) in [6, 6.07) is 0.393. The molecule has 1 aliphatic carbocycles. The largest absolute Gasteiger partial charge is 0.381 e. The van der Waals surface area contributed by atoms with Gasteiger partial charge in [-0.25, -0.2) is 0 Å². The van der Waals surface area contributed by atoms with Gasteiger partial charge in [0.05, 0.1) is 17.3 Å². The van der Waals surface area contributed by atoms with Crippen LogP contribution in [0.5, 0.6) is 0 Å². The highest BCUT2D eigenvalue weighted by atomic mass is 16.5. The zero-order valence-corrected chi connectivity index (χ0v) is 15.7. The Labute approximate surface area is 154 Å².